The van der Waals surface area contributed by atoms with Crippen molar-refractivity contribution in [3.05, 3.63) is 22.4 Å². The van der Waals surface area contributed by atoms with Crippen molar-refractivity contribution >= 4 is 21.8 Å². The predicted octanol–water partition coefficient (Wildman–Crippen LogP) is 2.05. The maximum atomic E-state index is 12.7. The number of carbonyl (C=O) groups is 1. The third-order valence-electron chi connectivity index (χ3n) is 3.41. The summed E-state index contributed by atoms with van der Waals surface area (Å²) in [6.07, 6.45) is 1.56. The number of aliphatic hydroxyl groups excluding tert-OH is 1. The molecule has 0 saturated carbocycles. The second-order valence-electron chi connectivity index (χ2n) is 5.51. The highest BCUT2D eigenvalue weighted by atomic mass is 79.9. The van der Waals surface area contributed by atoms with Gasteiger partial charge in [0.05, 0.1) is 18.8 Å². The van der Waals surface area contributed by atoms with Crippen LogP contribution in [-0.4, -0.2) is 52.4 Å². The molecule has 1 aliphatic rings. The van der Waals surface area contributed by atoms with Crippen molar-refractivity contribution in [1.29, 1.82) is 0 Å². The molecule has 1 aromatic heterocycles. The summed E-state index contributed by atoms with van der Waals surface area (Å²) in [5, 5.41) is 9.25. The fourth-order valence-corrected chi connectivity index (χ4v) is 2.96. The van der Waals surface area contributed by atoms with E-state index in [9.17, 15) is 9.90 Å². The first kappa shape index (κ1) is 15.5. The van der Waals surface area contributed by atoms with Gasteiger partial charge in [-0.15, -0.1) is 0 Å². The summed E-state index contributed by atoms with van der Waals surface area (Å²) in [4.78, 5) is 14.5. The number of amides is 1. The Bertz CT molecular complexity index is 487. The van der Waals surface area contributed by atoms with Gasteiger partial charge in [0.1, 0.15) is 5.69 Å². The number of aliphatic hydroxyl groups is 1. The third-order valence-corrected chi connectivity index (χ3v) is 3.84. The molecule has 1 fully saturated rings. The Morgan fingerprint density at radius 1 is 1.55 bits per heavy atom. The maximum Gasteiger partial charge on any atom is 0.270 e. The lowest BCUT2D eigenvalue weighted by atomic mass is 10.2. The molecule has 6 heteroatoms. The second kappa shape index (κ2) is 6.28. The lowest BCUT2D eigenvalue weighted by Gasteiger charge is -2.36. The molecule has 1 amide bonds. The Morgan fingerprint density at radius 2 is 2.25 bits per heavy atom. The van der Waals surface area contributed by atoms with Crippen LogP contribution in [0, 0.1) is 0 Å². The van der Waals surface area contributed by atoms with E-state index in [0.717, 1.165) is 4.47 Å². The van der Waals surface area contributed by atoms with Gasteiger partial charge in [0.25, 0.3) is 5.91 Å². The maximum absolute atomic E-state index is 12.7. The summed E-state index contributed by atoms with van der Waals surface area (Å²) in [7, 11) is 0. The number of aromatic nitrogens is 1. The summed E-state index contributed by atoms with van der Waals surface area (Å²) in [5.74, 6) is -0.0157. The monoisotopic (exact) mass is 344 g/mol. The Hall–Kier alpha value is -0.850. The molecule has 0 radical (unpaired) electrons. The van der Waals surface area contributed by atoms with E-state index in [2.05, 4.69) is 15.9 Å². The summed E-state index contributed by atoms with van der Waals surface area (Å²) in [5.41, 5.74) is 0.665. The SMILES string of the molecule is CC1CN(C(=O)c2cc(Br)cn2C(C)C)CC(CO)O1. The average Bonchev–Trinajstić information content (AvgIpc) is 2.79. The van der Waals surface area contributed by atoms with Gasteiger partial charge in [-0.2, -0.15) is 0 Å². The number of ether oxygens (including phenoxy) is 1. The topological polar surface area (TPSA) is 54.7 Å². The number of carbonyl (C=O) groups excluding carboxylic acids is 1. The fraction of sp³-hybridized carbons (Fsp3) is 0.643. The molecule has 1 saturated heterocycles. The zero-order valence-electron chi connectivity index (χ0n) is 12.0. The normalized spacial score (nSPS) is 23.4. The third kappa shape index (κ3) is 3.24. The van der Waals surface area contributed by atoms with Gasteiger partial charge in [-0.05, 0) is 42.8 Å². The van der Waals surface area contributed by atoms with Gasteiger partial charge < -0.3 is 19.3 Å². The van der Waals surface area contributed by atoms with E-state index < -0.39 is 0 Å². The van der Waals surface area contributed by atoms with Gasteiger partial charge in [-0.3, -0.25) is 4.79 Å². The highest BCUT2D eigenvalue weighted by molar-refractivity contribution is 9.10. The average molecular weight is 345 g/mol. The van der Waals surface area contributed by atoms with E-state index in [0.29, 0.717) is 18.8 Å². The smallest absolute Gasteiger partial charge is 0.270 e. The molecule has 1 aliphatic heterocycles. The molecule has 0 bridgehead atoms. The molecule has 0 aliphatic carbocycles. The van der Waals surface area contributed by atoms with Gasteiger partial charge in [0.2, 0.25) is 0 Å². The van der Waals surface area contributed by atoms with Crippen molar-refractivity contribution in [2.75, 3.05) is 19.7 Å². The Morgan fingerprint density at radius 3 is 2.85 bits per heavy atom. The summed E-state index contributed by atoms with van der Waals surface area (Å²) >= 11 is 3.42. The van der Waals surface area contributed by atoms with Crippen LogP contribution in [0.25, 0.3) is 0 Å². The zero-order chi connectivity index (χ0) is 14.9. The van der Waals surface area contributed by atoms with Crippen LogP contribution in [0.15, 0.2) is 16.7 Å². The van der Waals surface area contributed by atoms with E-state index in [1.165, 1.54) is 0 Å². The first-order chi connectivity index (χ1) is 9.42. The van der Waals surface area contributed by atoms with Crippen LogP contribution in [0.3, 0.4) is 0 Å². The van der Waals surface area contributed by atoms with Crippen molar-refractivity contribution in [3.63, 3.8) is 0 Å². The van der Waals surface area contributed by atoms with E-state index in [1.807, 2.05) is 37.6 Å². The van der Waals surface area contributed by atoms with Gasteiger partial charge in [-0.1, -0.05) is 0 Å². The van der Waals surface area contributed by atoms with Crippen molar-refractivity contribution in [1.82, 2.24) is 9.47 Å². The van der Waals surface area contributed by atoms with Crippen molar-refractivity contribution < 1.29 is 14.6 Å². The van der Waals surface area contributed by atoms with E-state index in [1.54, 1.807) is 4.90 Å². The molecule has 2 atom stereocenters. The van der Waals surface area contributed by atoms with Crippen molar-refractivity contribution in [2.24, 2.45) is 0 Å². The molecule has 0 spiro atoms. The Labute approximate surface area is 127 Å². The lowest BCUT2D eigenvalue weighted by Crippen LogP contribution is -2.50. The summed E-state index contributed by atoms with van der Waals surface area (Å²) < 4.78 is 8.43. The van der Waals surface area contributed by atoms with Crippen LogP contribution in [0.5, 0.6) is 0 Å². The highest BCUT2D eigenvalue weighted by Gasteiger charge is 2.30. The number of rotatable bonds is 3. The molecule has 20 heavy (non-hydrogen) atoms. The molecule has 1 aromatic rings. The minimum atomic E-state index is -0.298. The summed E-state index contributed by atoms with van der Waals surface area (Å²) in [6, 6.07) is 2.06. The minimum absolute atomic E-state index is 0.0157. The molecule has 0 aromatic carbocycles. The van der Waals surface area contributed by atoms with Crippen LogP contribution in [0.4, 0.5) is 0 Å². The van der Waals surface area contributed by atoms with Crippen molar-refractivity contribution in [3.8, 4) is 0 Å². The minimum Gasteiger partial charge on any atom is -0.394 e. The van der Waals surface area contributed by atoms with Gasteiger partial charge in [0, 0.05) is 29.8 Å². The number of hydrogen-bond acceptors (Lipinski definition) is 3. The summed E-state index contributed by atoms with van der Waals surface area (Å²) in [6.45, 7) is 6.92. The lowest BCUT2D eigenvalue weighted by molar-refractivity contribution is -0.0860. The first-order valence-electron chi connectivity index (χ1n) is 6.85. The van der Waals surface area contributed by atoms with Crippen molar-refractivity contribution in [2.45, 2.75) is 39.0 Å². The van der Waals surface area contributed by atoms with Gasteiger partial charge in [0.15, 0.2) is 0 Å². The van der Waals surface area contributed by atoms with Crippen LogP contribution in [-0.2, 0) is 4.74 Å². The standard InChI is InChI=1S/C14H21BrN2O3/c1-9(2)17-6-11(15)4-13(17)14(19)16-5-10(3)20-12(7-16)8-18/h4,6,9-10,12,18H,5,7-8H2,1-3H3. The molecular weight excluding hydrogens is 324 g/mol. The van der Waals surface area contributed by atoms with Crippen LogP contribution in [0.1, 0.15) is 37.3 Å². The van der Waals surface area contributed by atoms with Crippen LogP contribution >= 0.6 is 15.9 Å². The fourth-order valence-electron chi connectivity index (χ4n) is 2.52. The molecule has 1 N–H and O–H groups in total. The predicted molar refractivity (Wildman–Crippen MR) is 79.8 cm³/mol. The van der Waals surface area contributed by atoms with E-state index >= 15 is 0 Å². The number of hydrogen-bond donors (Lipinski definition) is 1. The van der Waals surface area contributed by atoms with Gasteiger partial charge >= 0.3 is 0 Å². The van der Waals surface area contributed by atoms with Gasteiger partial charge in [-0.25, -0.2) is 0 Å². The molecule has 2 rings (SSSR count). The largest absolute Gasteiger partial charge is 0.394 e. The number of morpholine rings is 1. The molecule has 5 nitrogen and oxygen atoms in total. The molecule has 2 heterocycles. The molecule has 112 valence electrons. The zero-order valence-corrected chi connectivity index (χ0v) is 13.6. The molecular formula is C14H21BrN2O3. The Kier molecular flexibility index (Phi) is 4.88. The number of nitrogens with zero attached hydrogens (tertiary/aromatic N) is 2. The highest BCUT2D eigenvalue weighted by Crippen LogP contribution is 2.22. The quantitative estimate of drug-likeness (QED) is 0.912. The van der Waals surface area contributed by atoms with E-state index in [4.69, 9.17) is 4.74 Å². The molecule has 2 unspecified atom stereocenters. The second-order valence-corrected chi connectivity index (χ2v) is 6.42. The Balaban J connectivity index is 2.22. The van der Waals surface area contributed by atoms with E-state index in [-0.39, 0.29) is 30.8 Å². The van der Waals surface area contributed by atoms with Crippen LogP contribution in [0.2, 0.25) is 0 Å². The number of halogens is 1. The first-order valence-corrected chi connectivity index (χ1v) is 7.64. The van der Waals surface area contributed by atoms with Crippen LogP contribution < -0.4 is 0 Å².